The van der Waals surface area contributed by atoms with Gasteiger partial charge in [0, 0.05) is 25.3 Å². The zero-order chi connectivity index (χ0) is 12.4. The molecule has 1 fully saturated rings. The van der Waals surface area contributed by atoms with Crippen LogP contribution in [-0.4, -0.2) is 30.4 Å². The van der Waals surface area contributed by atoms with Crippen molar-refractivity contribution in [1.82, 2.24) is 4.90 Å². The number of likely N-dealkylation sites (tertiary alicyclic amines) is 1. The molecule has 2 aliphatic rings. The fraction of sp³-hybridized carbons (Fsp3) is 0.533. The Balaban J connectivity index is 1.66. The minimum absolute atomic E-state index is 0.285. The van der Waals surface area contributed by atoms with Gasteiger partial charge in [-0.15, -0.1) is 0 Å². The van der Waals surface area contributed by atoms with Gasteiger partial charge in [0.05, 0.1) is 6.42 Å². The van der Waals surface area contributed by atoms with Crippen molar-refractivity contribution in [1.29, 1.82) is 0 Å². The van der Waals surface area contributed by atoms with E-state index >= 15 is 0 Å². The molecule has 0 aliphatic carbocycles. The van der Waals surface area contributed by atoms with E-state index in [1.807, 2.05) is 4.90 Å². The number of amides is 1. The topological polar surface area (TPSA) is 32.3 Å². The van der Waals surface area contributed by atoms with Gasteiger partial charge in [-0.1, -0.05) is 12.1 Å². The lowest BCUT2D eigenvalue weighted by Crippen LogP contribution is -2.36. The zero-order valence-corrected chi connectivity index (χ0v) is 10.7. The number of rotatable bonds is 2. The van der Waals surface area contributed by atoms with Gasteiger partial charge in [-0.2, -0.15) is 0 Å². The number of carbonyl (C=O) groups is 1. The first-order valence-electron chi connectivity index (χ1n) is 6.96. The van der Waals surface area contributed by atoms with Crippen LogP contribution in [0.3, 0.4) is 0 Å². The van der Waals surface area contributed by atoms with E-state index < -0.39 is 0 Å². The van der Waals surface area contributed by atoms with E-state index in [9.17, 15) is 4.79 Å². The second-order valence-electron chi connectivity index (χ2n) is 5.29. The van der Waals surface area contributed by atoms with E-state index in [4.69, 9.17) is 0 Å². The molecule has 96 valence electrons. The summed E-state index contributed by atoms with van der Waals surface area (Å²) < 4.78 is 0. The molecule has 0 unspecified atom stereocenters. The molecule has 3 rings (SSSR count). The summed E-state index contributed by atoms with van der Waals surface area (Å²) in [5, 5.41) is 3.37. The van der Waals surface area contributed by atoms with Crippen molar-refractivity contribution in [2.24, 2.45) is 0 Å². The smallest absolute Gasteiger partial charge is 0.226 e. The Hall–Kier alpha value is -1.51. The maximum atomic E-state index is 12.2. The highest BCUT2D eigenvalue weighted by atomic mass is 16.2. The summed E-state index contributed by atoms with van der Waals surface area (Å²) in [4.78, 5) is 14.2. The van der Waals surface area contributed by atoms with Crippen molar-refractivity contribution >= 4 is 11.6 Å². The number of anilines is 1. The fourth-order valence-corrected chi connectivity index (χ4v) is 2.88. The summed E-state index contributed by atoms with van der Waals surface area (Å²) in [6.07, 6.45) is 5.26. The molecule has 0 bridgehead atoms. The largest absolute Gasteiger partial charge is 0.384 e. The second kappa shape index (κ2) is 5.01. The summed E-state index contributed by atoms with van der Waals surface area (Å²) in [7, 11) is 0. The maximum Gasteiger partial charge on any atom is 0.226 e. The molecule has 0 radical (unpaired) electrons. The van der Waals surface area contributed by atoms with E-state index in [0.29, 0.717) is 6.42 Å². The summed E-state index contributed by atoms with van der Waals surface area (Å²) in [5.41, 5.74) is 3.74. The number of fused-ring (bicyclic) bond motifs is 1. The second-order valence-corrected chi connectivity index (χ2v) is 5.29. The van der Waals surface area contributed by atoms with Gasteiger partial charge in [-0.05, 0) is 42.9 Å². The van der Waals surface area contributed by atoms with Crippen LogP contribution >= 0.6 is 0 Å². The number of hydrogen-bond acceptors (Lipinski definition) is 2. The first kappa shape index (κ1) is 11.6. The van der Waals surface area contributed by atoms with Gasteiger partial charge in [0.25, 0.3) is 0 Å². The van der Waals surface area contributed by atoms with E-state index in [2.05, 4.69) is 23.5 Å². The standard InChI is InChI=1S/C15H20N2O/c18-15(17-8-2-1-3-9-17)11-12-4-5-13-6-7-16-14(13)10-12/h4-5,10,16H,1-3,6-9,11H2. The van der Waals surface area contributed by atoms with Crippen LogP contribution in [0.15, 0.2) is 18.2 Å². The van der Waals surface area contributed by atoms with Gasteiger partial charge in [0.2, 0.25) is 5.91 Å². The monoisotopic (exact) mass is 244 g/mol. The van der Waals surface area contributed by atoms with Crippen LogP contribution in [0.4, 0.5) is 5.69 Å². The number of benzene rings is 1. The third-order valence-corrected chi connectivity index (χ3v) is 3.95. The third-order valence-electron chi connectivity index (χ3n) is 3.95. The lowest BCUT2D eigenvalue weighted by molar-refractivity contribution is -0.131. The number of hydrogen-bond donors (Lipinski definition) is 1. The SMILES string of the molecule is O=C(Cc1ccc2c(c1)NCC2)N1CCCCC1. The number of carbonyl (C=O) groups excluding carboxylic acids is 1. The van der Waals surface area contributed by atoms with Crippen LogP contribution in [-0.2, 0) is 17.6 Å². The molecule has 0 spiro atoms. The molecule has 0 saturated carbocycles. The van der Waals surface area contributed by atoms with Gasteiger partial charge < -0.3 is 10.2 Å². The molecular weight excluding hydrogens is 224 g/mol. The van der Waals surface area contributed by atoms with Crippen molar-refractivity contribution in [3.05, 3.63) is 29.3 Å². The lowest BCUT2D eigenvalue weighted by Gasteiger charge is -2.26. The number of nitrogens with zero attached hydrogens (tertiary/aromatic N) is 1. The Labute approximate surface area is 108 Å². The highest BCUT2D eigenvalue weighted by molar-refractivity contribution is 5.79. The summed E-state index contributed by atoms with van der Waals surface area (Å²) >= 11 is 0. The first-order valence-corrected chi connectivity index (χ1v) is 6.96. The molecule has 1 aromatic rings. The van der Waals surface area contributed by atoms with Crippen LogP contribution in [0.25, 0.3) is 0 Å². The quantitative estimate of drug-likeness (QED) is 0.865. The molecule has 2 aliphatic heterocycles. The Kier molecular flexibility index (Phi) is 3.22. The molecule has 2 heterocycles. The van der Waals surface area contributed by atoms with Crippen LogP contribution < -0.4 is 5.32 Å². The predicted octanol–water partition coefficient (Wildman–Crippen LogP) is 2.21. The zero-order valence-electron chi connectivity index (χ0n) is 10.7. The van der Waals surface area contributed by atoms with Crippen LogP contribution in [0.5, 0.6) is 0 Å². The average Bonchev–Trinajstić information content (AvgIpc) is 2.87. The van der Waals surface area contributed by atoms with Crippen molar-refractivity contribution in [3.63, 3.8) is 0 Å². The van der Waals surface area contributed by atoms with Gasteiger partial charge in [-0.3, -0.25) is 4.79 Å². The average molecular weight is 244 g/mol. The molecule has 0 atom stereocenters. The molecule has 18 heavy (non-hydrogen) atoms. The van der Waals surface area contributed by atoms with E-state index in [0.717, 1.165) is 44.5 Å². The van der Waals surface area contributed by atoms with E-state index in [1.165, 1.54) is 17.7 Å². The van der Waals surface area contributed by atoms with Crippen LogP contribution in [0.2, 0.25) is 0 Å². The fourth-order valence-electron chi connectivity index (χ4n) is 2.88. The van der Waals surface area contributed by atoms with E-state index in [-0.39, 0.29) is 5.91 Å². The highest BCUT2D eigenvalue weighted by Gasteiger charge is 2.17. The normalized spacial score (nSPS) is 18.3. The number of piperidine rings is 1. The molecule has 0 aromatic heterocycles. The predicted molar refractivity (Wildman–Crippen MR) is 72.8 cm³/mol. The Bertz CT molecular complexity index is 450. The molecule has 1 saturated heterocycles. The van der Waals surface area contributed by atoms with Gasteiger partial charge in [-0.25, -0.2) is 0 Å². The molecule has 1 N–H and O–H groups in total. The molecular formula is C15H20N2O. The molecule has 3 nitrogen and oxygen atoms in total. The van der Waals surface area contributed by atoms with Crippen molar-refractivity contribution < 1.29 is 4.79 Å². The Morgan fingerprint density at radius 1 is 1.22 bits per heavy atom. The van der Waals surface area contributed by atoms with E-state index in [1.54, 1.807) is 0 Å². The summed E-state index contributed by atoms with van der Waals surface area (Å²) in [5.74, 6) is 0.285. The third kappa shape index (κ3) is 2.35. The Morgan fingerprint density at radius 3 is 2.89 bits per heavy atom. The van der Waals surface area contributed by atoms with Crippen molar-refractivity contribution in [2.75, 3.05) is 25.0 Å². The van der Waals surface area contributed by atoms with Gasteiger partial charge in [0.15, 0.2) is 0 Å². The Morgan fingerprint density at radius 2 is 2.06 bits per heavy atom. The molecule has 1 aromatic carbocycles. The van der Waals surface area contributed by atoms with Gasteiger partial charge in [0.1, 0.15) is 0 Å². The highest BCUT2D eigenvalue weighted by Crippen LogP contribution is 2.23. The number of nitrogens with one attached hydrogen (secondary N) is 1. The minimum Gasteiger partial charge on any atom is -0.384 e. The van der Waals surface area contributed by atoms with Crippen LogP contribution in [0, 0.1) is 0 Å². The maximum absolute atomic E-state index is 12.2. The summed E-state index contributed by atoms with van der Waals surface area (Å²) in [6, 6.07) is 6.41. The summed E-state index contributed by atoms with van der Waals surface area (Å²) in [6.45, 7) is 2.92. The lowest BCUT2D eigenvalue weighted by atomic mass is 10.1. The first-order chi connectivity index (χ1) is 8.83. The van der Waals surface area contributed by atoms with Crippen molar-refractivity contribution in [3.8, 4) is 0 Å². The van der Waals surface area contributed by atoms with Crippen molar-refractivity contribution in [2.45, 2.75) is 32.1 Å². The minimum atomic E-state index is 0.285. The van der Waals surface area contributed by atoms with Crippen LogP contribution in [0.1, 0.15) is 30.4 Å². The molecule has 1 amide bonds. The van der Waals surface area contributed by atoms with Gasteiger partial charge >= 0.3 is 0 Å². The molecule has 3 heteroatoms.